The summed E-state index contributed by atoms with van der Waals surface area (Å²) in [7, 11) is 0. The summed E-state index contributed by atoms with van der Waals surface area (Å²) in [6.07, 6.45) is 5.27. The van der Waals surface area contributed by atoms with Crippen LogP contribution in [0, 0.1) is 13.5 Å². The van der Waals surface area contributed by atoms with Gasteiger partial charge in [0.15, 0.2) is 0 Å². The van der Waals surface area contributed by atoms with Crippen molar-refractivity contribution in [3.05, 3.63) is 13.5 Å². The molecule has 0 spiro atoms. The van der Waals surface area contributed by atoms with Crippen LogP contribution in [0.5, 0.6) is 0 Å². The first kappa shape index (κ1) is 9.47. The summed E-state index contributed by atoms with van der Waals surface area (Å²) in [6, 6.07) is 0. The smallest absolute Gasteiger partial charge is 0.293 e. The second-order valence-corrected chi connectivity index (χ2v) is 2.10. The van der Waals surface area contributed by atoms with Crippen LogP contribution in [0.25, 0.3) is 0 Å². The summed E-state index contributed by atoms with van der Waals surface area (Å²) >= 11 is 0. The summed E-state index contributed by atoms with van der Waals surface area (Å²) < 4.78 is 4.39. The zero-order chi connectivity index (χ0) is 7.66. The van der Waals surface area contributed by atoms with Crippen molar-refractivity contribution in [3.63, 3.8) is 0 Å². The molecule has 0 aliphatic heterocycles. The maximum atomic E-state index is 9.63. The molecule has 0 saturated carbocycles. The number of hydrogen-bond acceptors (Lipinski definition) is 2. The molecule has 0 N–H and O–H groups in total. The van der Waals surface area contributed by atoms with Crippen LogP contribution >= 0.6 is 0 Å². The predicted octanol–water partition coefficient (Wildman–Crippen LogP) is 2.11. The first-order valence-corrected chi connectivity index (χ1v) is 3.62. The van der Waals surface area contributed by atoms with E-state index in [1.165, 1.54) is 13.0 Å². The van der Waals surface area contributed by atoms with E-state index < -0.39 is 0 Å². The topological polar surface area (TPSA) is 26.3 Å². The van der Waals surface area contributed by atoms with E-state index in [-0.39, 0.29) is 0 Å². The minimum atomic E-state index is 0.446. The molecule has 58 valence electrons. The van der Waals surface area contributed by atoms with Crippen LogP contribution in [0.15, 0.2) is 0 Å². The molecule has 0 heterocycles. The fraction of sp³-hybridized carbons (Fsp3) is 0.625. The lowest BCUT2D eigenvalue weighted by Crippen LogP contribution is -1.84. The fourth-order valence-corrected chi connectivity index (χ4v) is 0.689. The highest BCUT2D eigenvalue weighted by atomic mass is 16.5. The molecule has 0 aromatic heterocycles. The Bertz CT molecular complexity index is 71.7. The molecule has 0 amide bonds. The monoisotopic (exact) mass is 142 g/mol. The lowest BCUT2D eigenvalue weighted by molar-refractivity contribution is -0.125. The van der Waals surface area contributed by atoms with Crippen molar-refractivity contribution in [2.75, 3.05) is 0 Å². The van der Waals surface area contributed by atoms with Crippen LogP contribution in [-0.2, 0) is 9.53 Å². The standard InChI is InChI=1S/C8H14O2/c1-2-3-4-5-6-7-10-8-9/h7-8H,1-6H2. The van der Waals surface area contributed by atoms with E-state index in [1.54, 1.807) is 0 Å². The van der Waals surface area contributed by atoms with Gasteiger partial charge in [0.05, 0.1) is 0 Å². The van der Waals surface area contributed by atoms with Crippen molar-refractivity contribution in [3.8, 4) is 0 Å². The molecule has 10 heavy (non-hydrogen) atoms. The Kier molecular flexibility index (Phi) is 8.02. The number of carbonyl (C=O) groups excluding carboxylic acids is 1. The largest absolute Gasteiger partial charge is 0.461 e. The van der Waals surface area contributed by atoms with Crippen LogP contribution in [0.3, 0.4) is 0 Å². The van der Waals surface area contributed by atoms with E-state index in [1.807, 2.05) is 0 Å². The molecule has 0 saturated heterocycles. The van der Waals surface area contributed by atoms with Crippen LogP contribution in [0.4, 0.5) is 0 Å². The second-order valence-electron chi connectivity index (χ2n) is 2.10. The van der Waals surface area contributed by atoms with Gasteiger partial charge in [-0.2, -0.15) is 0 Å². The molecule has 0 aliphatic carbocycles. The molecule has 0 bridgehead atoms. The van der Waals surface area contributed by atoms with Crippen LogP contribution in [-0.4, -0.2) is 6.47 Å². The fourth-order valence-electron chi connectivity index (χ4n) is 0.689. The molecule has 0 aromatic rings. The molecule has 0 rings (SSSR count). The average molecular weight is 142 g/mol. The molecule has 2 nitrogen and oxygen atoms in total. The number of hydrogen-bond donors (Lipinski definition) is 0. The summed E-state index contributed by atoms with van der Waals surface area (Å²) in [5, 5.41) is 0. The summed E-state index contributed by atoms with van der Waals surface area (Å²) in [5.74, 6) is 0. The van der Waals surface area contributed by atoms with Gasteiger partial charge in [0.25, 0.3) is 6.47 Å². The molecule has 0 aromatic carbocycles. The number of unbranched alkanes of at least 4 members (excludes halogenated alkanes) is 4. The predicted molar refractivity (Wildman–Crippen MR) is 39.9 cm³/mol. The second kappa shape index (κ2) is 8.47. The third-order valence-electron chi connectivity index (χ3n) is 1.22. The summed E-state index contributed by atoms with van der Waals surface area (Å²) in [4.78, 5) is 9.63. The lowest BCUT2D eigenvalue weighted by atomic mass is 10.2. The molecular formula is C8H14O2. The summed E-state index contributed by atoms with van der Waals surface area (Å²) in [6.45, 7) is 5.71. The number of ether oxygens (including phenoxy) is 1. The number of rotatable bonds is 7. The van der Waals surface area contributed by atoms with Crippen LogP contribution in [0.2, 0.25) is 0 Å². The summed E-state index contributed by atoms with van der Waals surface area (Å²) in [5.41, 5.74) is 0. The minimum Gasteiger partial charge on any atom is -0.461 e. The van der Waals surface area contributed by atoms with Gasteiger partial charge in [-0.1, -0.05) is 26.2 Å². The highest BCUT2D eigenvalue weighted by Crippen LogP contribution is 2.03. The van der Waals surface area contributed by atoms with E-state index in [9.17, 15) is 4.79 Å². The first-order valence-electron chi connectivity index (χ1n) is 3.62. The van der Waals surface area contributed by atoms with Gasteiger partial charge in [0.2, 0.25) is 0 Å². The Morgan fingerprint density at radius 1 is 1.30 bits per heavy atom. The van der Waals surface area contributed by atoms with Gasteiger partial charge in [-0.3, -0.25) is 4.79 Å². The Morgan fingerprint density at radius 2 is 2.10 bits per heavy atom. The van der Waals surface area contributed by atoms with Gasteiger partial charge < -0.3 is 4.74 Å². The molecule has 2 heteroatoms. The van der Waals surface area contributed by atoms with Crippen molar-refractivity contribution in [1.82, 2.24) is 0 Å². The zero-order valence-corrected chi connectivity index (χ0v) is 6.21. The van der Waals surface area contributed by atoms with Gasteiger partial charge in [-0.05, 0) is 12.8 Å². The minimum absolute atomic E-state index is 0.446. The van der Waals surface area contributed by atoms with E-state index in [0.717, 1.165) is 25.7 Å². The third-order valence-corrected chi connectivity index (χ3v) is 1.22. The molecule has 0 aliphatic rings. The van der Waals surface area contributed by atoms with Gasteiger partial charge in [-0.15, -0.1) is 0 Å². The van der Waals surface area contributed by atoms with Crippen molar-refractivity contribution in [2.24, 2.45) is 0 Å². The highest BCUT2D eigenvalue weighted by Gasteiger charge is 1.88. The van der Waals surface area contributed by atoms with Crippen molar-refractivity contribution >= 4 is 6.47 Å². The van der Waals surface area contributed by atoms with Gasteiger partial charge in [0, 0.05) is 0 Å². The first-order chi connectivity index (χ1) is 4.91. The molecule has 2 radical (unpaired) electrons. The Labute approximate surface area is 62.6 Å². The normalized spacial score (nSPS) is 9.30. The number of carbonyl (C=O) groups is 1. The zero-order valence-electron chi connectivity index (χ0n) is 6.21. The highest BCUT2D eigenvalue weighted by molar-refractivity contribution is 5.37. The van der Waals surface area contributed by atoms with Crippen molar-refractivity contribution < 1.29 is 9.53 Å². The van der Waals surface area contributed by atoms with E-state index in [2.05, 4.69) is 11.7 Å². The van der Waals surface area contributed by atoms with Crippen LogP contribution in [0.1, 0.15) is 32.1 Å². The SMILES string of the molecule is [CH2]CCCCC[CH]OC=O. The Morgan fingerprint density at radius 3 is 2.70 bits per heavy atom. The maximum absolute atomic E-state index is 9.63. The lowest BCUT2D eigenvalue weighted by Gasteiger charge is -1.96. The molecule has 0 fully saturated rings. The molecule has 0 atom stereocenters. The van der Waals surface area contributed by atoms with Gasteiger partial charge in [-0.25, -0.2) is 0 Å². The quantitative estimate of drug-likeness (QED) is 0.402. The Balaban J connectivity index is 2.70. The average Bonchev–Trinajstić information content (AvgIpc) is 1.97. The van der Waals surface area contributed by atoms with E-state index in [0.29, 0.717) is 6.47 Å². The Hall–Kier alpha value is -0.530. The molecular weight excluding hydrogens is 128 g/mol. The van der Waals surface area contributed by atoms with Crippen molar-refractivity contribution in [2.45, 2.75) is 32.1 Å². The van der Waals surface area contributed by atoms with Gasteiger partial charge >= 0.3 is 0 Å². The van der Waals surface area contributed by atoms with Gasteiger partial charge in [0.1, 0.15) is 6.61 Å². The van der Waals surface area contributed by atoms with E-state index >= 15 is 0 Å². The molecule has 0 unspecified atom stereocenters. The maximum Gasteiger partial charge on any atom is 0.293 e. The van der Waals surface area contributed by atoms with Crippen molar-refractivity contribution in [1.29, 1.82) is 0 Å². The van der Waals surface area contributed by atoms with Crippen LogP contribution < -0.4 is 0 Å². The van der Waals surface area contributed by atoms with E-state index in [4.69, 9.17) is 0 Å². The third kappa shape index (κ3) is 7.47.